The molecule has 1 saturated carbocycles. The van der Waals surface area contributed by atoms with Gasteiger partial charge in [-0.3, -0.25) is 9.59 Å². The second kappa shape index (κ2) is 9.13. The van der Waals surface area contributed by atoms with E-state index < -0.39 is 5.41 Å². The molecule has 2 heterocycles. The molecule has 3 aliphatic rings. The van der Waals surface area contributed by atoms with E-state index in [2.05, 4.69) is 36.0 Å². The molecule has 2 saturated heterocycles. The first-order chi connectivity index (χ1) is 14.0. The van der Waals surface area contributed by atoms with Crippen LogP contribution in [-0.2, 0) is 9.59 Å². The van der Waals surface area contributed by atoms with Gasteiger partial charge in [0, 0.05) is 44.8 Å². The van der Waals surface area contributed by atoms with Crippen LogP contribution >= 0.6 is 0 Å². The standard InChI is InChI=1S/C23H42N4O3/c1-22(2)8-6-17(7-9-22)27(21(30)23(3,4)16-28)18-14-19(24-15-18)20(29)26-12-10-25(5)11-13-26/h17-19,24,28H,6-16H2,1-5H3/t18-,19-/m0/s1. The molecule has 0 bridgehead atoms. The van der Waals surface area contributed by atoms with Crippen LogP contribution in [0.5, 0.6) is 0 Å². The van der Waals surface area contributed by atoms with Crippen molar-refractivity contribution >= 4 is 11.8 Å². The number of carbonyl (C=O) groups is 2. The monoisotopic (exact) mass is 422 g/mol. The van der Waals surface area contributed by atoms with E-state index in [1.807, 2.05) is 18.7 Å². The van der Waals surface area contributed by atoms with Crippen molar-refractivity contribution in [2.45, 2.75) is 77.9 Å². The number of amides is 2. The molecule has 2 amide bonds. The lowest BCUT2D eigenvalue weighted by Gasteiger charge is -2.45. The van der Waals surface area contributed by atoms with Gasteiger partial charge in [0.15, 0.2) is 0 Å². The van der Waals surface area contributed by atoms with Gasteiger partial charge in [-0.1, -0.05) is 13.8 Å². The molecule has 3 fully saturated rings. The van der Waals surface area contributed by atoms with E-state index in [4.69, 9.17) is 0 Å². The Bertz CT molecular complexity index is 618. The zero-order chi connectivity index (χ0) is 22.1. The van der Waals surface area contributed by atoms with Crippen LogP contribution in [0.2, 0.25) is 0 Å². The Balaban J connectivity index is 1.71. The van der Waals surface area contributed by atoms with Gasteiger partial charge in [0.1, 0.15) is 0 Å². The number of hydrogen-bond donors (Lipinski definition) is 2. The van der Waals surface area contributed by atoms with Gasteiger partial charge in [-0.05, 0) is 58.4 Å². The van der Waals surface area contributed by atoms with Crippen LogP contribution in [0.3, 0.4) is 0 Å². The molecule has 7 nitrogen and oxygen atoms in total. The summed E-state index contributed by atoms with van der Waals surface area (Å²) in [5.74, 6) is 0.193. The van der Waals surface area contributed by atoms with Crippen LogP contribution in [0.4, 0.5) is 0 Å². The Morgan fingerprint density at radius 2 is 1.70 bits per heavy atom. The molecule has 2 aliphatic heterocycles. The number of likely N-dealkylation sites (N-methyl/N-ethyl adjacent to an activating group) is 1. The first-order valence-corrected chi connectivity index (χ1v) is 11.7. The third-order valence-electron chi connectivity index (χ3n) is 7.52. The van der Waals surface area contributed by atoms with Crippen molar-refractivity contribution in [1.82, 2.24) is 20.0 Å². The quantitative estimate of drug-likeness (QED) is 0.699. The number of aliphatic hydroxyl groups excluding tert-OH is 1. The highest BCUT2D eigenvalue weighted by Crippen LogP contribution is 2.39. The predicted molar refractivity (Wildman–Crippen MR) is 118 cm³/mol. The third kappa shape index (κ3) is 5.17. The lowest BCUT2D eigenvalue weighted by Crippen LogP contribution is -2.55. The smallest absolute Gasteiger partial charge is 0.239 e. The van der Waals surface area contributed by atoms with E-state index in [-0.39, 0.29) is 36.5 Å². The number of nitrogens with zero attached hydrogens (tertiary/aromatic N) is 3. The first kappa shape index (κ1) is 23.5. The molecule has 3 rings (SSSR count). The lowest BCUT2D eigenvalue weighted by molar-refractivity contribution is -0.149. The van der Waals surface area contributed by atoms with Crippen molar-refractivity contribution in [1.29, 1.82) is 0 Å². The summed E-state index contributed by atoms with van der Waals surface area (Å²) in [7, 11) is 2.09. The van der Waals surface area contributed by atoms with Crippen molar-refractivity contribution in [2.75, 3.05) is 46.4 Å². The summed E-state index contributed by atoms with van der Waals surface area (Å²) in [5, 5.41) is 13.3. The van der Waals surface area contributed by atoms with Crippen LogP contribution in [0.25, 0.3) is 0 Å². The molecular formula is C23H42N4O3. The van der Waals surface area contributed by atoms with E-state index in [0.29, 0.717) is 18.4 Å². The molecule has 0 unspecified atom stereocenters. The number of rotatable bonds is 5. The highest BCUT2D eigenvalue weighted by Gasteiger charge is 2.44. The summed E-state index contributed by atoms with van der Waals surface area (Å²) in [6.07, 6.45) is 4.86. The molecule has 2 atom stereocenters. The molecule has 1 aliphatic carbocycles. The van der Waals surface area contributed by atoms with Crippen LogP contribution in [0.15, 0.2) is 0 Å². The topological polar surface area (TPSA) is 76.1 Å². The Morgan fingerprint density at radius 3 is 2.27 bits per heavy atom. The number of hydrogen-bond acceptors (Lipinski definition) is 5. The fraction of sp³-hybridized carbons (Fsp3) is 0.913. The minimum absolute atomic E-state index is 0.0101. The second-order valence-electron chi connectivity index (χ2n) is 11.1. The van der Waals surface area contributed by atoms with E-state index in [0.717, 1.165) is 51.9 Å². The zero-order valence-electron chi connectivity index (χ0n) is 19.6. The summed E-state index contributed by atoms with van der Waals surface area (Å²) in [6.45, 7) is 12.1. The molecule has 0 aromatic carbocycles. The van der Waals surface area contributed by atoms with E-state index >= 15 is 0 Å². The molecule has 172 valence electrons. The van der Waals surface area contributed by atoms with Gasteiger partial charge in [0.05, 0.1) is 18.1 Å². The van der Waals surface area contributed by atoms with Crippen molar-refractivity contribution in [3.63, 3.8) is 0 Å². The van der Waals surface area contributed by atoms with Crippen LogP contribution in [0, 0.1) is 10.8 Å². The summed E-state index contributed by atoms with van der Waals surface area (Å²) < 4.78 is 0. The van der Waals surface area contributed by atoms with Gasteiger partial charge >= 0.3 is 0 Å². The minimum Gasteiger partial charge on any atom is -0.395 e. The van der Waals surface area contributed by atoms with E-state index in [1.54, 1.807) is 0 Å². The SMILES string of the molecule is CN1CCN(C(=O)[C@@H]2C[C@H](N(C(=O)C(C)(C)CO)C3CCC(C)(C)CC3)CN2)CC1. The fourth-order valence-corrected chi connectivity index (χ4v) is 5.07. The number of carbonyl (C=O) groups excluding carboxylic acids is 2. The average molecular weight is 423 g/mol. The Hall–Kier alpha value is -1.18. The van der Waals surface area contributed by atoms with Gasteiger partial charge in [0.25, 0.3) is 0 Å². The number of piperazine rings is 1. The molecule has 2 N–H and O–H groups in total. The summed E-state index contributed by atoms with van der Waals surface area (Å²) in [5.41, 5.74) is -0.474. The number of aliphatic hydroxyl groups is 1. The predicted octanol–water partition coefficient (Wildman–Crippen LogP) is 1.31. The molecule has 0 radical (unpaired) electrons. The van der Waals surface area contributed by atoms with Crippen molar-refractivity contribution in [2.24, 2.45) is 10.8 Å². The highest BCUT2D eigenvalue weighted by atomic mass is 16.3. The van der Waals surface area contributed by atoms with E-state index in [1.165, 1.54) is 0 Å². The second-order valence-corrected chi connectivity index (χ2v) is 11.1. The summed E-state index contributed by atoms with van der Waals surface area (Å²) in [6, 6.07) is -0.0115. The number of nitrogens with one attached hydrogen (secondary N) is 1. The van der Waals surface area contributed by atoms with Crippen LogP contribution in [-0.4, -0.2) is 96.1 Å². The summed E-state index contributed by atoms with van der Waals surface area (Å²) in [4.78, 5) is 32.8. The highest BCUT2D eigenvalue weighted by molar-refractivity contribution is 5.84. The largest absolute Gasteiger partial charge is 0.395 e. The maximum atomic E-state index is 13.5. The average Bonchev–Trinajstić information content (AvgIpc) is 3.19. The van der Waals surface area contributed by atoms with Gasteiger partial charge in [0.2, 0.25) is 11.8 Å². The van der Waals surface area contributed by atoms with Crippen LogP contribution in [0.1, 0.15) is 59.8 Å². The van der Waals surface area contributed by atoms with Gasteiger partial charge in [-0.15, -0.1) is 0 Å². The van der Waals surface area contributed by atoms with Gasteiger partial charge < -0.3 is 25.1 Å². The Kier molecular flexibility index (Phi) is 7.15. The molecular weight excluding hydrogens is 380 g/mol. The Morgan fingerprint density at radius 1 is 1.10 bits per heavy atom. The van der Waals surface area contributed by atoms with Crippen molar-refractivity contribution < 1.29 is 14.7 Å². The molecule has 0 aromatic heterocycles. The minimum atomic E-state index is -0.799. The summed E-state index contributed by atoms with van der Waals surface area (Å²) >= 11 is 0. The van der Waals surface area contributed by atoms with Crippen LogP contribution < -0.4 is 5.32 Å². The molecule has 30 heavy (non-hydrogen) atoms. The Labute approximate surface area is 182 Å². The van der Waals surface area contributed by atoms with Gasteiger partial charge in [-0.2, -0.15) is 0 Å². The maximum Gasteiger partial charge on any atom is 0.239 e. The van der Waals surface area contributed by atoms with Crippen molar-refractivity contribution in [3.05, 3.63) is 0 Å². The van der Waals surface area contributed by atoms with Crippen molar-refractivity contribution in [3.8, 4) is 0 Å². The molecule has 0 aromatic rings. The van der Waals surface area contributed by atoms with E-state index in [9.17, 15) is 14.7 Å². The first-order valence-electron chi connectivity index (χ1n) is 11.7. The maximum absolute atomic E-state index is 13.5. The zero-order valence-corrected chi connectivity index (χ0v) is 19.6. The lowest BCUT2D eigenvalue weighted by atomic mass is 9.74. The molecule has 7 heteroatoms. The normalized spacial score (nSPS) is 28.5. The van der Waals surface area contributed by atoms with Gasteiger partial charge in [-0.25, -0.2) is 0 Å². The molecule has 0 spiro atoms. The fourth-order valence-electron chi connectivity index (χ4n) is 5.07. The third-order valence-corrected chi connectivity index (χ3v) is 7.52.